The summed E-state index contributed by atoms with van der Waals surface area (Å²) in [5.41, 5.74) is 3.46. The lowest BCUT2D eigenvalue weighted by molar-refractivity contribution is 0.0979. The number of rotatable bonds is 7. The van der Waals surface area contributed by atoms with Gasteiger partial charge in [-0.3, -0.25) is 14.4 Å². The number of benzene rings is 3. The Hall–Kier alpha value is -3.07. The molecular formula is C23H20O3. The summed E-state index contributed by atoms with van der Waals surface area (Å²) in [4.78, 5) is 34.8. The van der Waals surface area contributed by atoms with E-state index in [1.54, 1.807) is 6.07 Å². The highest BCUT2D eigenvalue weighted by atomic mass is 16.1. The summed E-state index contributed by atoms with van der Waals surface area (Å²) in [6.07, 6.45) is 3.88. The predicted octanol–water partition coefficient (Wildman–Crippen LogP) is 5.50. The van der Waals surface area contributed by atoms with Crippen molar-refractivity contribution in [3.05, 3.63) is 71.3 Å². The number of carbonyl (C=O) groups is 3. The van der Waals surface area contributed by atoms with Crippen LogP contribution in [-0.2, 0) is 0 Å². The van der Waals surface area contributed by atoms with E-state index in [4.69, 9.17) is 0 Å². The number of ketones is 1. The summed E-state index contributed by atoms with van der Waals surface area (Å²) in [5, 5.41) is 1.64. The molecule has 0 aromatic heterocycles. The predicted molar refractivity (Wildman–Crippen MR) is 104 cm³/mol. The lowest BCUT2D eigenvalue weighted by atomic mass is 9.95. The topological polar surface area (TPSA) is 51.2 Å². The van der Waals surface area contributed by atoms with Gasteiger partial charge in [0.25, 0.3) is 0 Å². The molecule has 0 atom stereocenters. The first-order chi connectivity index (χ1) is 12.7. The number of hydrogen-bond donors (Lipinski definition) is 0. The SMILES string of the molecule is CCCCC(=O)c1cccc(-c2ccc3c(C=O)c(C=O)ccc3c2)c1. The number of unbranched alkanes of at least 4 members (excludes halogenated alkanes) is 1. The van der Waals surface area contributed by atoms with Crippen LogP contribution in [0.25, 0.3) is 21.9 Å². The van der Waals surface area contributed by atoms with Crippen LogP contribution in [0, 0.1) is 0 Å². The Labute approximate surface area is 152 Å². The summed E-state index contributed by atoms with van der Waals surface area (Å²) in [7, 11) is 0. The number of aldehydes is 2. The van der Waals surface area contributed by atoms with Gasteiger partial charge in [-0.05, 0) is 40.5 Å². The lowest BCUT2D eigenvalue weighted by Gasteiger charge is -2.09. The van der Waals surface area contributed by atoms with Crippen LogP contribution >= 0.6 is 0 Å². The minimum atomic E-state index is 0.161. The molecule has 0 spiro atoms. The van der Waals surface area contributed by atoms with E-state index >= 15 is 0 Å². The molecule has 0 aliphatic carbocycles. The van der Waals surface area contributed by atoms with Gasteiger partial charge >= 0.3 is 0 Å². The summed E-state index contributed by atoms with van der Waals surface area (Å²) < 4.78 is 0. The maximum atomic E-state index is 12.3. The highest BCUT2D eigenvalue weighted by molar-refractivity contribution is 6.06. The molecule has 0 heterocycles. The zero-order chi connectivity index (χ0) is 18.5. The van der Waals surface area contributed by atoms with Crippen LogP contribution in [0.3, 0.4) is 0 Å². The Kier molecular flexibility index (Phi) is 5.37. The third kappa shape index (κ3) is 3.47. The van der Waals surface area contributed by atoms with E-state index < -0.39 is 0 Å². The maximum absolute atomic E-state index is 12.3. The number of Topliss-reactive ketones (excluding diaryl/α,β-unsaturated/α-hetero) is 1. The first-order valence-electron chi connectivity index (χ1n) is 8.78. The number of carbonyl (C=O) groups excluding carboxylic acids is 3. The maximum Gasteiger partial charge on any atom is 0.162 e. The molecule has 3 heteroatoms. The van der Waals surface area contributed by atoms with E-state index in [1.165, 1.54) is 0 Å². The van der Waals surface area contributed by atoms with E-state index in [0.29, 0.717) is 23.8 Å². The van der Waals surface area contributed by atoms with Crippen LogP contribution in [0.4, 0.5) is 0 Å². The van der Waals surface area contributed by atoms with Crippen molar-refractivity contribution < 1.29 is 14.4 Å². The van der Waals surface area contributed by atoms with Gasteiger partial charge in [0.15, 0.2) is 18.4 Å². The monoisotopic (exact) mass is 344 g/mol. The van der Waals surface area contributed by atoms with Gasteiger partial charge in [0, 0.05) is 23.1 Å². The molecular weight excluding hydrogens is 324 g/mol. The van der Waals surface area contributed by atoms with Crippen molar-refractivity contribution in [2.45, 2.75) is 26.2 Å². The lowest BCUT2D eigenvalue weighted by Crippen LogP contribution is -1.98. The van der Waals surface area contributed by atoms with Crippen LogP contribution in [0.1, 0.15) is 57.3 Å². The molecule has 0 N–H and O–H groups in total. The Morgan fingerprint density at radius 3 is 2.46 bits per heavy atom. The van der Waals surface area contributed by atoms with Gasteiger partial charge in [0.2, 0.25) is 0 Å². The van der Waals surface area contributed by atoms with Gasteiger partial charge in [-0.2, -0.15) is 0 Å². The Morgan fingerprint density at radius 1 is 0.923 bits per heavy atom. The molecule has 130 valence electrons. The van der Waals surface area contributed by atoms with E-state index in [1.807, 2.05) is 48.5 Å². The van der Waals surface area contributed by atoms with E-state index in [-0.39, 0.29) is 5.78 Å². The fourth-order valence-corrected chi connectivity index (χ4v) is 3.14. The third-order valence-electron chi connectivity index (χ3n) is 4.62. The zero-order valence-electron chi connectivity index (χ0n) is 14.7. The van der Waals surface area contributed by atoms with Gasteiger partial charge in [0.05, 0.1) is 0 Å². The number of fused-ring (bicyclic) bond motifs is 1. The van der Waals surface area contributed by atoms with E-state index in [9.17, 15) is 14.4 Å². The molecule has 0 aliphatic rings. The average molecular weight is 344 g/mol. The van der Waals surface area contributed by atoms with Gasteiger partial charge in [-0.15, -0.1) is 0 Å². The van der Waals surface area contributed by atoms with Gasteiger partial charge in [-0.25, -0.2) is 0 Å². The fourth-order valence-electron chi connectivity index (χ4n) is 3.14. The Morgan fingerprint density at radius 2 is 1.73 bits per heavy atom. The molecule has 0 aliphatic heterocycles. The van der Waals surface area contributed by atoms with Crippen molar-refractivity contribution >= 4 is 29.1 Å². The van der Waals surface area contributed by atoms with Gasteiger partial charge in [0.1, 0.15) is 0 Å². The molecule has 0 fully saturated rings. The van der Waals surface area contributed by atoms with Gasteiger partial charge < -0.3 is 0 Å². The third-order valence-corrected chi connectivity index (χ3v) is 4.62. The molecule has 3 aromatic rings. The van der Waals surface area contributed by atoms with Crippen LogP contribution in [0.15, 0.2) is 54.6 Å². The molecule has 0 bridgehead atoms. The fraction of sp³-hybridized carbons (Fsp3) is 0.174. The standard InChI is InChI=1S/C23H20O3/c1-2-3-7-23(26)19-6-4-5-16(13-19)17-10-11-21-18(12-17)8-9-20(14-24)22(21)15-25/h4-6,8-15H,2-3,7H2,1H3. The van der Waals surface area contributed by atoms with Crippen LogP contribution in [-0.4, -0.2) is 18.4 Å². The molecule has 26 heavy (non-hydrogen) atoms. The van der Waals surface area contributed by atoms with Crippen molar-refractivity contribution in [2.24, 2.45) is 0 Å². The van der Waals surface area contributed by atoms with E-state index in [0.717, 1.165) is 46.6 Å². The average Bonchev–Trinajstić information content (AvgIpc) is 2.70. The molecule has 3 nitrogen and oxygen atoms in total. The molecule has 3 aromatic carbocycles. The van der Waals surface area contributed by atoms with E-state index in [2.05, 4.69) is 6.92 Å². The molecule has 0 saturated carbocycles. The summed E-state index contributed by atoms with van der Waals surface area (Å²) in [6, 6.07) is 16.9. The normalized spacial score (nSPS) is 10.7. The van der Waals surface area contributed by atoms with Crippen LogP contribution in [0.2, 0.25) is 0 Å². The second-order valence-electron chi connectivity index (χ2n) is 6.35. The van der Waals surface area contributed by atoms with Crippen LogP contribution < -0.4 is 0 Å². The molecule has 0 amide bonds. The first kappa shape index (κ1) is 17.7. The first-order valence-corrected chi connectivity index (χ1v) is 8.78. The van der Waals surface area contributed by atoms with Crippen molar-refractivity contribution in [1.29, 1.82) is 0 Å². The smallest absolute Gasteiger partial charge is 0.162 e. The minimum absolute atomic E-state index is 0.161. The molecule has 0 saturated heterocycles. The summed E-state index contributed by atoms with van der Waals surface area (Å²) in [5.74, 6) is 0.161. The second-order valence-corrected chi connectivity index (χ2v) is 6.35. The molecule has 0 radical (unpaired) electrons. The second kappa shape index (κ2) is 7.87. The Bertz CT molecular complexity index is 986. The largest absolute Gasteiger partial charge is 0.298 e. The van der Waals surface area contributed by atoms with Crippen molar-refractivity contribution in [3.63, 3.8) is 0 Å². The Balaban J connectivity index is 2.02. The quantitative estimate of drug-likeness (QED) is 0.420. The number of hydrogen-bond acceptors (Lipinski definition) is 3. The van der Waals surface area contributed by atoms with Crippen molar-refractivity contribution in [3.8, 4) is 11.1 Å². The van der Waals surface area contributed by atoms with Crippen LogP contribution in [0.5, 0.6) is 0 Å². The summed E-state index contributed by atoms with van der Waals surface area (Å²) >= 11 is 0. The molecule has 0 unspecified atom stereocenters. The van der Waals surface area contributed by atoms with Crippen molar-refractivity contribution in [2.75, 3.05) is 0 Å². The highest BCUT2D eigenvalue weighted by Gasteiger charge is 2.10. The van der Waals surface area contributed by atoms with Gasteiger partial charge in [-0.1, -0.05) is 55.8 Å². The molecule has 3 rings (SSSR count). The summed E-state index contributed by atoms with van der Waals surface area (Å²) in [6.45, 7) is 2.07. The minimum Gasteiger partial charge on any atom is -0.298 e. The highest BCUT2D eigenvalue weighted by Crippen LogP contribution is 2.28. The van der Waals surface area contributed by atoms with Crippen molar-refractivity contribution in [1.82, 2.24) is 0 Å². The zero-order valence-corrected chi connectivity index (χ0v) is 14.7.